The largest absolute Gasteiger partial charge is 0.478 e. The molecule has 3 atom stereocenters. The average molecular weight is 453 g/mol. The molecule has 1 heterocycles. The first-order chi connectivity index (χ1) is 15.6. The molecule has 2 aromatic carbocycles. The SMILES string of the molecule is CCCC1(C)NC(C)=C(C(=O)O)C(c2cccc([N+](=O)[O-])c2)C1(C(=O)OC)c1ccccc1. The highest BCUT2D eigenvalue weighted by Gasteiger charge is 2.64. The van der Waals surface area contributed by atoms with Gasteiger partial charge in [-0.05, 0) is 31.4 Å². The van der Waals surface area contributed by atoms with Crippen molar-refractivity contribution in [1.82, 2.24) is 5.32 Å². The molecule has 3 unspecified atom stereocenters. The van der Waals surface area contributed by atoms with Crippen LogP contribution < -0.4 is 5.32 Å². The van der Waals surface area contributed by atoms with E-state index in [4.69, 9.17) is 4.74 Å². The van der Waals surface area contributed by atoms with E-state index in [9.17, 15) is 24.8 Å². The van der Waals surface area contributed by atoms with Gasteiger partial charge in [-0.2, -0.15) is 0 Å². The number of aliphatic carboxylic acids is 1. The van der Waals surface area contributed by atoms with Crippen LogP contribution in [0.2, 0.25) is 0 Å². The van der Waals surface area contributed by atoms with E-state index in [1.165, 1.54) is 25.3 Å². The van der Waals surface area contributed by atoms with Crippen molar-refractivity contribution in [2.45, 2.75) is 50.5 Å². The van der Waals surface area contributed by atoms with Gasteiger partial charge in [-0.25, -0.2) is 4.79 Å². The molecule has 0 radical (unpaired) electrons. The Kier molecular flexibility index (Phi) is 6.58. The Morgan fingerprint density at radius 3 is 2.39 bits per heavy atom. The molecular weight excluding hydrogens is 424 g/mol. The van der Waals surface area contributed by atoms with E-state index in [0.29, 0.717) is 29.7 Å². The van der Waals surface area contributed by atoms with Crippen LogP contribution in [0.25, 0.3) is 0 Å². The predicted octanol–water partition coefficient (Wildman–Crippen LogP) is 4.31. The Hall–Kier alpha value is -3.68. The average Bonchev–Trinajstić information content (AvgIpc) is 2.78. The van der Waals surface area contributed by atoms with Gasteiger partial charge in [0.25, 0.3) is 5.69 Å². The Morgan fingerprint density at radius 1 is 1.18 bits per heavy atom. The van der Waals surface area contributed by atoms with E-state index < -0.39 is 33.7 Å². The molecule has 33 heavy (non-hydrogen) atoms. The fraction of sp³-hybridized carbons (Fsp3) is 0.360. The summed E-state index contributed by atoms with van der Waals surface area (Å²) in [5.74, 6) is -2.86. The highest BCUT2D eigenvalue weighted by molar-refractivity contribution is 5.96. The highest BCUT2D eigenvalue weighted by Crippen LogP contribution is 2.56. The number of nitrogens with zero attached hydrogens (tertiary/aromatic N) is 1. The van der Waals surface area contributed by atoms with Crippen LogP contribution >= 0.6 is 0 Å². The maximum absolute atomic E-state index is 13.8. The van der Waals surface area contributed by atoms with Crippen LogP contribution in [0, 0.1) is 10.1 Å². The minimum absolute atomic E-state index is 0.0293. The van der Waals surface area contributed by atoms with Gasteiger partial charge in [-0.15, -0.1) is 0 Å². The smallest absolute Gasteiger partial charge is 0.333 e. The maximum atomic E-state index is 13.8. The van der Waals surface area contributed by atoms with E-state index in [0.717, 1.165) is 0 Å². The van der Waals surface area contributed by atoms with Gasteiger partial charge in [0.15, 0.2) is 0 Å². The summed E-state index contributed by atoms with van der Waals surface area (Å²) in [6, 6.07) is 14.7. The summed E-state index contributed by atoms with van der Waals surface area (Å²) in [5.41, 5.74) is -1.33. The number of methoxy groups -OCH3 is 1. The van der Waals surface area contributed by atoms with Gasteiger partial charge in [-0.1, -0.05) is 55.8 Å². The van der Waals surface area contributed by atoms with Crippen molar-refractivity contribution in [2.24, 2.45) is 0 Å². The van der Waals surface area contributed by atoms with E-state index in [1.807, 2.05) is 19.9 Å². The molecule has 2 aromatic rings. The van der Waals surface area contributed by atoms with Crippen molar-refractivity contribution in [3.63, 3.8) is 0 Å². The van der Waals surface area contributed by atoms with Crippen LogP contribution in [-0.4, -0.2) is 34.6 Å². The van der Waals surface area contributed by atoms with Crippen molar-refractivity contribution in [2.75, 3.05) is 7.11 Å². The van der Waals surface area contributed by atoms with Gasteiger partial charge in [0.2, 0.25) is 0 Å². The molecule has 0 aliphatic carbocycles. The van der Waals surface area contributed by atoms with Crippen molar-refractivity contribution in [1.29, 1.82) is 0 Å². The van der Waals surface area contributed by atoms with Gasteiger partial charge in [-0.3, -0.25) is 14.9 Å². The quantitative estimate of drug-likeness (QED) is 0.365. The lowest BCUT2D eigenvalue weighted by Crippen LogP contribution is -2.68. The Morgan fingerprint density at radius 2 is 1.85 bits per heavy atom. The second kappa shape index (κ2) is 9.05. The first kappa shape index (κ1) is 24.0. The number of hydrogen-bond acceptors (Lipinski definition) is 6. The van der Waals surface area contributed by atoms with E-state index in [2.05, 4.69) is 5.32 Å². The van der Waals surface area contributed by atoms with Gasteiger partial charge < -0.3 is 15.2 Å². The number of carbonyl (C=O) groups excluding carboxylic acids is 1. The summed E-state index contributed by atoms with van der Waals surface area (Å²) in [5, 5.41) is 25.1. The maximum Gasteiger partial charge on any atom is 0.333 e. The topological polar surface area (TPSA) is 119 Å². The zero-order valence-corrected chi connectivity index (χ0v) is 19.1. The molecule has 3 rings (SSSR count). The minimum Gasteiger partial charge on any atom is -0.478 e. The first-order valence-electron chi connectivity index (χ1n) is 10.7. The standard InChI is InChI=1S/C25H28N2O6/c1-5-14-24(3)25(23(30)33-4,18-11-7-6-8-12-18)21(20(22(28)29)16(2)26-24)17-10-9-13-19(15-17)27(31)32/h6-13,15,21,26H,5,14H2,1-4H3,(H,28,29). The molecule has 0 amide bonds. The van der Waals surface area contributed by atoms with Crippen LogP contribution in [0.1, 0.15) is 50.7 Å². The molecule has 8 nitrogen and oxygen atoms in total. The predicted molar refractivity (Wildman–Crippen MR) is 123 cm³/mol. The normalized spacial score (nSPS) is 24.7. The number of esters is 1. The number of rotatable bonds is 7. The van der Waals surface area contributed by atoms with Crippen molar-refractivity contribution < 1.29 is 24.4 Å². The number of benzene rings is 2. The molecule has 0 bridgehead atoms. The number of allylic oxidation sites excluding steroid dienone is 1. The Labute approximate surface area is 192 Å². The molecule has 1 aliphatic rings. The highest BCUT2D eigenvalue weighted by atomic mass is 16.6. The minimum atomic E-state index is -1.51. The summed E-state index contributed by atoms with van der Waals surface area (Å²) in [6.45, 7) is 5.52. The number of non-ortho nitro benzene ring substituents is 1. The number of carboxylic acid groups (broad SMARTS) is 1. The molecular formula is C25H28N2O6. The number of carbonyl (C=O) groups is 2. The van der Waals surface area contributed by atoms with Crippen molar-refractivity contribution >= 4 is 17.6 Å². The van der Waals surface area contributed by atoms with Gasteiger partial charge >= 0.3 is 11.9 Å². The number of nitro groups is 1. The van der Waals surface area contributed by atoms with Crippen molar-refractivity contribution in [3.05, 3.63) is 87.1 Å². The summed E-state index contributed by atoms with van der Waals surface area (Å²) in [4.78, 5) is 37.4. The zero-order valence-electron chi connectivity index (χ0n) is 19.1. The number of nitrogens with one attached hydrogen (secondary N) is 1. The van der Waals surface area contributed by atoms with Crippen LogP contribution in [0.15, 0.2) is 65.9 Å². The molecule has 0 saturated heterocycles. The lowest BCUT2D eigenvalue weighted by Gasteiger charge is -2.55. The summed E-state index contributed by atoms with van der Waals surface area (Å²) in [6.07, 6.45) is 1.22. The van der Waals surface area contributed by atoms with Crippen LogP contribution in [0.4, 0.5) is 5.69 Å². The monoisotopic (exact) mass is 452 g/mol. The third kappa shape index (κ3) is 3.75. The second-order valence-corrected chi connectivity index (χ2v) is 8.50. The summed E-state index contributed by atoms with van der Waals surface area (Å²) < 4.78 is 5.35. The molecule has 0 fully saturated rings. The molecule has 0 spiro atoms. The molecule has 174 valence electrons. The summed E-state index contributed by atoms with van der Waals surface area (Å²) in [7, 11) is 1.27. The van der Waals surface area contributed by atoms with E-state index in [1.54, 1.807) is 37.3 Å². The molecule has 8 heteroatoms. The second-order valence-electron chi connectivity index (χ2n) is 8.50. The number of carboxylic acids is 1. The Balaban J connectivity index is 2.53. The van der Waals surface area contributed by atoms with Crippen LogP contribution in [0.5, 0.6) is 0 Å². The van der Waals surface area contributed by atoms with Crippen molar-refractivity contribution in [3.8, 4) is 0 Å². The van der Waals surface area contributed by atoms with Gasteiger partial charge in [0, 0.05) is 23.7 Å². The van der Waals surface area contributed by atoms with E-state index >= 15 is 0 Å². The van der Waals surface area contributed by atoms with Crippen LogP contribution in [-0.2, 0) is 19.7 Å². The van der Waals surface area contributed by atoms with Crippen LogP contribution in [0.3, 0.4) is 0 Å². The fourth-order valence-corrected chi connectivity index (χ4v) is 5.42. The van der Waals surface area contributed by atoms with Gasteiger partial charge in [0.05, 0.1) is 23.1 Å². The fourth-order valence-electron chi connectivity index (χ4n) is 5.42. The third-order valence-corrected chi connectivity index (χ3v) is 6.59. The summed E-state index contributed by atoms with van der Waals surface area (Å²) >= 11 is 0. The zero-order chi connectivity index (χ0) is 24.4. The lowest BCUT2D eigenvalue weighted by atomic mass is 9.52. The molecule has 0 aromatic heterocycles. The third-order valence-electron chi connectivity index (χ3n) is 6.59. The number of ether oxygens (including phenoxy) is 1. The molecule has 1 aliphatic heterocycles. The Bertz CT molecular complexity index is 1110. The van der Waals surface area contributed by atoms with Gasteiger partial charge in [0.1, 0.15) is 5.41 Å². The van der Waals surface area contributed by atoms with E-state index in [-0.39, 0.29) is 11.3 Å². The molecule has 0 saturated carbocycles. The first-order valence-corrected chi connectivity index (χ1v) is 10.7. The number of nitro benzene ring substituents is 1. The lowest BCUT2D eigenvalue weighted by molar-refractivity contribution is -0.384. The molecule has 2 N–H and O–H groups in total. The number of hydrogen-bond donors (Lipinski definition) is 2.